The third-order valence-corrected chi connectivity index (χ3v) is 3.84. The Kier molecular flexibility index (Phi) is 3.84. The maximum atomic E-state index is 5.79. The number of benzene rings is 2. The summed E-state index contributed by atoms with van der Waals surface area (Å²) >= 11 is 3.45. The van der Waals surface area contributed by atoms with Crippen LogP contribution in [-0.4, -0.2) is 19.2 Å². The molecule has 3 aromatic rings. The summed E-state index contributed by atoms with van der Waals surface area (Å²) in [5, 5.41) is 0.646. The Morgan fingerprint density at radius 2 is 1.76 bits per heavy atom. The van der Waals surface area contributed by atoms with Crippen molar-refractivity contribution in [3.05, 3.63) is 42.0 Å². The number of halogens is 1. The van der Waals surface area contributed by atoms with Crippen molar-refractivity contribution in [2.45, 2.75) is 5.33 Å². The number of fused-ring (bicyclic) bond motifs is 1. The van der Waals surface area contributed by atoms with E-state index in [-0.39, 0.29) is 0 Å². The highest BCUT2D eigenvalue weighted by atomic mass is 79.9. The van der Waals surface area contributed by atoms with Crippen LogP contribution in [0.2, 0.25) is 0 Å². The lowest BCUT2D eigenvalue weighted by Gasteiger charge is -2.12. The van der Waals surface area contributed by atoms with Gasteiger partial charge in [0.25, 0.3) is 0 Å². The number of aromatic nitrogens is 1. The molecule has 0 radical (unpaired) electrons. The Labute approximate surface area is 130 Å². The van der Waals surface area contributed by atoms with Gasteiger partial charge in [-0.2, -0.15) is 0 Å². The lowest BCUT2D eigenvalue weighted by Crippen LogP contribution is -1.95. The molecule has 2 aromatic carbocycles. The van der Waals surface area contributed by atoms with E-state index in [9.17, 15) is 0 Å². The lowest BCUT2D eigenvalue weighted by atomic mass is 10.1. The van der Waals surface area contributed by atoms with Gasteiger partial charge in [-0.15, -0.1) is 0 Å². The molecule has 1 aromatic heterocycles. The van der Waals surface area contributed by atoms with Gasteiger partial charge in [-0.1, -0.05) is 28.1 Å². The van der Waals surface area contributed by atoms with E-state index in [4.69, 9.17) is 13.9 Å². The molecule has 0 atom stereocenters. The first-order valence-electron chi connectivity index (χ1n) is 6.43. The van der Waals surface area contributed by atoms with Gasteiger partial charge in [-0.25, -0.2) is 4.98 Å². The predicted molar refractivity (Wildman–Crippen MR) is 85.2 cm³/mol. The van der Waals surface area contributed by atoms with Crippen LogP contribution in [0.3, 0.4) is 0 Å². The minimum atomic E-state index is 0.550. The zero-order valence-corrected chi connectivity index (χ0v) is 13.3. The first-order valence-corrected chi connectivity index (χ1v) is 7.55. The number of rotatable bonds is 4. The molecule has 0 N–H and O–H groups in total. The molecule has 0 aliphatic rings. The fraction of sp³-hybridized carbons (Fsp3) is 0.188. The summed E-state index contributed by atoms with van der Waals surface area (Å²) in [6.07, 6.45) is 0. The highest BCUT2D eigenvalue weighted by molar-refractivity contribution is 9.08. The summed E-state index contributed by atoms with van der Waals surface area (Å²) in [6.45, 7) is 0. The molecule has 1 heterocycles. The number of hydrogen-bond donors (Lipinski definition) is 0. The van der Waals surface area contributed by atoms with E-state index in [1.54, 1.807) is 14.2 Å². The highest BCUT2D eigenvalue weighted by Gasteiger charge is 2.15. The second kappa shape index (κ2) is 5.77. The van der Waals surface area contributed by atoms with Crippen LogP contribution in [0.1, 0.15) is 5.56 Å². The number of alkyl halides is 1. The Morgan fingerprint density at radius 3 is 2.33 bits per heavy atom. The highest BCUT2D eigenvalue weighted by Crippen LogP contribution is 2.36. The van der Waals surface area contributed by atoms with Crippen molar-refractivity contribution < 1.29 is 13.9 Å². The number of nitrogens with zero attached hydrogens (tertiary/aromatic N) is 1. The van der Waals surface area contributed by atoms with Crippen molar-refractivity contribution in [1.29, 1.82) is 0 Å². The number of hydrogen-bond acceptors (Lipinski definition) is 4. The molecule has 0 fully saturated rings. The van der Waals surface area contributed by atoms with Crippen LogP contribution in [0.5, 0.6) is 11.5 Å². The standard InChI is InChI=1S/C16H14BrNO3/c1-19-14-7-10(8-15(20-2)11(14)9-17)16-18-12-5-3-4-6-13(12)21-16/h3-8H,9H2,1-2H3. The molecule has 21 heavy (non-hydrogen) atoms. The minimum absolute atomic E-state index is 0.550. The fourth-order valence-corrected chi connectivity index (χ4v) is 2.79. The maximum absolute atomic E-state index is 5.79. The normalized spacial score (nSPS) is 10.8. The molecule has 3 rings (SSSR count). The summed E-state index contributed by atoms with van der Waals surface area (Å²) in [5.74, 6) is 2.03. The van der Waals surface area contributed by atoms with E-state index < -0.39 is 0 Å². The topological polar surface area (TPSA) is 44.5 Å². The Morgan fingerprint density at radius 1 is 1.10 bits per heavy atom. The molecule has 4 nitrogen and oxygen atoms in total. The molecule has 0 unspecified atom stereocenters. The van der Waals surface area contributed by atoms with Gasteiger partial charge in [-0.05, 0) is 24.3 Å². The quantitative estimate of drug-likeness (QED) is 0.656. The first-order chi connectivity index (χ1) is 10.3. The smallest absolute Gasteiger partial charge is 0.227 e. The summed E-state index contributed by atoms with van der Waals surface area (Å²) in [7, 11) is 3.27. The average molecular weight is 348 g/mol. The third kappa shape index (κ3) is 2.49. The number of para-hydroxylation sites is 2. The second-order valence-corrected chi connectivity index (χ2v) is 5.04. The molecule has 0 spiro atoms. The SMILES string of the molecule is COc1cc(-c2nc3ccccc3o2)cc(OC)c1CBr. The van der Waals surface area contributed by atoms with Gasteiger partial charge in [0.1, 0.15) is 17.0 Å². The van der Waals surface area contributed by atoms with Gasteiger partial charge < -0.3 is 13.9 Å². The van der Waals surface area contributed by atoms with Crippen molar-refractivity contribution in [3.8, 4) is 23.0 Å². The lowest BCUT2D eigenvalue weighted by molar-refractivity contribution is 0.388. The number of oxazole rings is 1. The zero-order chi connectivity index (χ0) is 14.8. The van der Waals surface area contributed by atoms with Gasteiger partial charge in [0, 0.05) is 16.5 Å². The van der Waals surface area contributed by atoms with Crippen LogP contribution in [0.15, 0.2) is 40.8 Å². The molecule has 0 bridgehead atoms. The predicted octanol–water partition coefficient (Wildman–Crippen LogP) is 4.41. The van der Waals surface area contributed by atoms with Crippen LogP contribution in [0, 0.1) is 0 Å². The average Bonchev–Trinajstić information content (AvgIpc) is 2.97. The van der Waals surface area contributed by atoms with E-state index in [0.29, 0.717) is 11.2 Å². The Hall–Kier alpha value is -2.01. The van der Waals surface area contributed by atoms with E-state index >= 15 is 0 Å². The molecular weight excluding hydrogens is 334 g/mol. The van der Waals surface area contributed by atoms with Crippen molar-refractivity contribution in [2.75, 3.05) is 14.2 Å². The van der Waals surface area contributed by atoms with E-state index in [1.807, 2.05) is 36.4 Å². The molecule has 108 valence electrons. The first kappa shape index (κ1) is 13.9. The number of methoxy groups -OCH3 is 2. The molecule has 0 amide bonds. The second-order valence-electron chi connectivity index (χ2n) is 4.48. The molecule has 0 saturated carbocycles. The van der Waals surface area contributed by atoms with Gasteiger partial charge in [-0.3, -0.25) is 0 Å². The van der Waals surface area contributed by atoms with Crippen molar-refractivity contribution in [1.82, 2.24) is 4.98 Å². The van der Waals surface area contributed by atoms with Crippen LogP contribution in [0.4, 0.5) is 0 Å². The van der Waals surface area contributed by atoms with Crippen LogP contribution < -0.4 is 9.47 Å². The van der Waals surface area contributed by atoms with Crippen molar-refractivity contribution in [3.63, 3.8) is 0 Å². The van der Waals surface area contributed by atoms with Gasteiger partial charge >= 0.3 is 0 Å². The summed E-state index contributed by atoms with van der Waals surface area (Å²) < 4.78 is 16.7. The fourth-order valence-electron chi connectivity index (χ4n) is 2.23. The largest absolute Gasteiger partial charge is 0.496 e. The molecule has 0 aliphatic heterocycles. The molecule has 0 saturated heterocycles. The maximum Gasteiger partial charge on any atom is 0.227 e. The van der Waals surface area contributed by atoms with Gasteiger partial charge in [0.2, 0.25) is 5.89 Å². The van der Waals surface area contributed by atoms with Crippen molar-refractivity contribution in [2.24, 2.45) is 0 Å². The summed E-state index contributed by atoms with van der Waals surface area (Å²) in [5.41, 5.74) is 3.37. The van der Waals surface area contributed by atoms with Gasteiger partial charge in [0.05, 0.1) is 14.2 Å². The molecule has 0 aliphatic carbocycles. The summed E-state index contributed by atoms with van der Waals surface area (Å²) in [6, 6.07) is 11.5. The summed E-state index contributed by atoms with van der Waals surface area (Å²) in [4.78, 5) is 4.50. The Balaban J connectivity index is 2.17. The van der Waals surface area contributed by atoms with E-state index in [0.717, 1.165) is 33.7 Å². The van der Waals surface area contributed by atoms with E-state index in [1.165, 1.54) is 0 Å². The third-order valence-electron chi connectivity index (χ3n) is 3.28. The van der Waals surface area contributed by atoms with Gasteiger partial charge in [0.15, 0.2) is 5.58 Å². The minimum Gasteiger partial charge on any atom is -0.496 e. The Bertz CT molecular complexity index is 724. The monoisotopic (exact) mass is 347 g/mol. The van der Waals surface area contributed by atoms with Crippen LogP contribution >= 0.6 is 15.9 Å². The van der Waals surface area contributed by atoms with Crippen molar-refractivity contribution >= 4 is 27.0 Å². The van der Waals surface area contributed by atoms with Crippen LogP contribution in [0.25, 0.3) is 22.6 Å². The number of ether oxygens (including phenoxy) is 2. The molecule has 5 heteroatoms. The van der Waals surface area contributed by atoms with Crippen LogP contribution in [-0.2, 0) is 5.33 Å². The zero-order valence-electron chi connectivity index (χ0n) is 11.7. The molecular formula is C16H14BrNO3. The van der Waals surface area contributed by atoms with E-state index in [2.05, 4.69) is 20.9 Å².